The van der Waals surface area contributed by atoms with Crippen LogP contribution in [0.3, 0.4) is 0 Å². The molecule has 0 heterocycles. The highest BCUT2D eigenvalue weighted by atomic mass is 16.1. The molecule has 1 amide bonds. The van der Waals surface area contributed by atoms with E-state index in [9.17, 15) is 4.79 Å². The van der Waals surface area contributed by atoms with Crippen molar-refractivity contribution >= 4 is 11.6 Å². The van der Waals surface area contributed by atoms with Gasteiger partial charge in [0.25, 0.3) is 0 Å². The van der Waals surface area contributed by atoms with Crippen molar-refractivity contribution in [1.82, 2.24) is 5.32 Å². The van der Waals surface area contributed by atoms with Crippen LogP contribution in [-0.4, -0.2) is 12.5 Å². The molecular weight excluding hydrogens is 262 g/mol. The smallest absolute Gasteiger partial charge is 0.217 e. The van der Waals surface area contributed by atoms with E-state index in [0.29, 0.717) is 23.5 Å². The first-order valence-electron chi connectivity index (χ1n) is 6.54. The Morgan fingerprint density at radius 2 is 1.81 bits per heavy atom. The number of allylic oxidation sites excluding steroid dienone is 1. The van der Waals surface area contributed by atoms with Gasteiger partial charge in [0.1, 0.15) is 0 Å². The molecule has 0 aromatic heterocycles. The maximum atomic E-state index is 11.0. The van der Waals surface area contributed by atoms with Gasteiger partial charge in [-0.25, -0.2) is 0 Å². The fourth-order valence-electron chi connectivity index (χ4n) is 1.83. The molecule has 0 aliphatic heterocycles. The monoisotopic (exact) mass is 283 g/mol. The zero-order valence-corrected chi connectivity index (χ0v) is 12.2. The van der Waals surface area contributed by atoms with Gasteiger partial charge in [0.2, 0.25) is 5.91 Å². The second kappa shape index (κ2) is 7.75. The van der Waals surface area contributed by atoms with E-state index in [1.807, 2.05) is 30.3 Å². The molecule has 0 bridgehead atoms. The lowest BCUT2D eigenvalue weighted by Crippen LogP contribution is -2.23. The summed E-state index contributed by atoms with van der Waals surface area (Å²) >= 11 is 0. The molecule has 0 fully saturated rings. The van der Waals surface area contributed by atoms with Crippen LogP contribution in [0.5, 0.6) is 0 Å². The predicted molar refractivity (Wildman–Crippen MR) is 87.8 cm³/mol. The SMILES string of the molecule is C=C/C(CNC(C)=O)=C(C=C)/C(N)=C(/N)c1ccccc1. The van der Waals surface area contributed by atoms with E-state index in [1.165, 1.54) is 6.92 Å². The van der Waals surface area contributed by atoms with Gasteiger partial charge in [0.15, 0.2) is 0 Å². The quantitative estimate of drug-likeness (QED) is 0.699. The Kier molecular flexibility index (Phi) is 6.01. The van der Waals surface area contributed by atoms with E-state index in [-0.39, 0.29) is 5.91 Å². The molecular formula is C17H21N3O. The van der Waals surface area contributed by atoms with Crippen LogP contribution in [0, 0.1) is 0 Å². The lowest BCUT2D eigenvalue weighted by molar-refractivity contribution is -0.118. The van der Waals surface area contributed by atoms with Crippen molar-refractivity contribution in [3.05, 3.63) is 78.0 Å². The lowest BCUT2D eigenvalue weighted by Gasteiger charge is -2.13. The number of carbonyl (C=O) groups is 1. The molecule has 1 aromatic carbocycles. The molecule has 0 saturated carbocycles. The van der Waals surface area contributed by atoms with Gasteiger partial charge in [-0.3, -0.25) is 4.79 Å². The molecule has 110 valence electrons. The molecule has 1 aromatic rings. The molecule has 0 aliphatic rings. The molecule has 21 heavy (non-hydrogen) atoms. The molecule has 0 aliphatic carbocycles. The molecule has 0 saturated heterocycles. The molecule has 0 unspecified atom stereocenters. The summed E-state index contributed by atoms with van der Waals surface area (Å²) < 4.78 is 0. The first-order valence-corrected chi connectivity index (χ1v) is 6.54. The van der Waals surface area contributed by atoms with Crippen LogP contribution >= 0.6 is 0 Å². The van der Waals surface area contributed by atoms with Crippen molar-refractivity contribution in [3.8, 4) is 0 Å². The molecule has 0 atom stereocenters. The lowest BCUT2D eigenvalue weighted by atomic mass is 10.0. The normalized spacial score (nSPS) is 12.8. The average molecular weight is 283 g/mol. The highest BCUT2D eigenvalue weighted by Crippen LogP contribution is 2.19. The highest BCUT2D eigenvalue weighted by Gasteiger charge is 2.09. The maximum Gasteiger partial charge on any atom is 0.217 e. The van der Waals surface area contributed by atoms with Crippen LogP contribution in [0.4, 0.5) is 0 Å². The third-order valence-corrected chi connectivity index (χ3v) is 2.99. The van der Waals surface area contributed by atoms with Gasteiger partial charge >= 0.3 is 0 Å². The Balaban J connectivity index is 3.25. The van der Waals surface area contributed by atoms with Gasteiger partial charge in [0, 0.05) is 19.0 Å². The van der Waals surface area contributed by atoms with Crippen LogP contribution in [-0.2, 0) is 4.79 Å². The van der Waals surface area contributed by atoms with Crippen molar-refractivity contribution in [1.29, 1.82) is 0 Å². The molecule has 1 rings (SSSR count). The van der Waals surface area contributed by atoms with Gasteiger partial charge in [-0.1, -0.05) is 55.6 Å². The number of rotatable bonds is 6. The van der Waals surface area contributed by atoms with Crippen molar-refractivity contribution in [2.24, 2.45) is 11.5 Å². The van der Waals surface area contributed by atoms with Crippen molar-refractivity contribution in [2.45, 2.75) is 6.92 Å². The molecule has 4 heteroatoms. The Labute approximate surface area is 125 Å². The largest absolute Gasteiger partial charge is 0.397 e. The minimum absolute atomic E-state index is 0.128. The van der Waals surface area contributed by atoms with Gasteiger partial charge in [-0.15, -0.1) is 0 Å². The highest BCUT2D eigenvalue weighted by molar-refractivity contribution is 5.74. The third kappa shape index (κ3) is 4.38. The molecule has 5 N–H and O–H groups in total. The molecule has 0 radical (unpaired) electrons. The Bertz CT molecular complexity index is 598. The summed E-state index contributed by atoms with van der Waals surface area (Å²) in [6.45, 7) is 9.29. The first-order chi connectivity index (χ1) is 10.0. The minimum Gasteiger partial charge on any atom is -0.397 e. The molecule has 0 spiro atoms. The maximum absolute atomic E-state index is 11.0. The zero-order chi connectivity index (χ0) is 15.8. The number of hydrogen-bond acceptors (Lipinski definition) is 3. The number of hydrogen-bond donors (Lipinski definition) is 3. The van der Waals surface area contributed by atoms with E-state index in [0.717, 1.165) is 11.1 Å². The topological polar surface area (TPSA) is 81.1 Å². The summed E-state index contributed by atoms with van der Waals surface area (Å²) in [7, 11) is 0. The minimum atomic E-state index is -0.128. The summed E-state index contributed by atoms with van der Waals surface area (Å²) in [5.74, 6) is -0.128. The van der Waals surface area contributed by atoms with Crippen LogP contribution in [0.1, 0.15) is 12.5 Å². The summed E-state index contributed by atoms with van der Waals surface area (Å²) in [5, 5.41) is 2.71. The standard InChI is InChI=1S/C17H21N3O/c1-4-13(11-20-12(3)21)15(5-2)17(19)16(18)14-9-7-6-8-10-14/h4-10H,1-2,11,18-19H2,3H3,(H,20,21)/b15-13-,17-16-. The van der Waals surface area contributed by atoms with Crippen LogP contribution in [0.2, 0.25) is 0 Å². The summed E-state index contributed by atoms with van der Waals surface area (Å²) in [4.78, 5) is 11.0. The van der Waals surface area contributed by atoms with E-state index < -0.39 is 0 Å². The fraction of sp³-hybridized carbons (Fsp3) is 0.118. The average Bonchev–Trinajstić information content (AvgIpc) is 2.50. The predicted octanol–water partition coefficient (Wildman–Crippen LogP) is 2.08. The number of nitrogens with two attached hydrogens (primary N) is 2. The summed E-state index contributed by atoms with van der Waals surface area (Å²) in [6, 6.07) is 9.44. The van der Waals surface area contributed by atoms with Crippen LogP contribution in [0.25, 0.3) is 5.70 Å². The second-order valence-corrected chi connectivity index (χ2v) is 4.45. The van der Waals surface area contributed by atoms with Gasteiger partial charge in [-0.05, 0) is 11.1 Å². The second-order valence-electron chi connectivity index (χ2n) is 4.45. The van der Waals surface area contributed by atoms with Gasteiger partial charge < -0.3 is 16.8 Å². The van der Waals surface area contributed by atoms with E-state index in [1.54, 1.807) is 12.2 Å². The number of carbonyl (C=O) groups excluding carboxylic acids is 1. The number of amides is 1. The number of benzene rings is 1. The van der Waals surface area contributed by atoms with E-state index in [4.69, 9.17) is 11.5 Å². The van der Waals surface area contributed by atoms with Crippen molar-refractivity contribution in [3.63, 3.8) is 0 Å². The van der Waals surface area contributed by atoms with E-state index >= 15 is 0 Å². The fourth-order valence-corrected chi connectivity index (χ4v) is 1.83. The van der Waals surface area contributed by atoms with Crippen molar-refractivity contribution in [2.75, 3.05) is 6.54 Å². The van der Waals surface area contributed by atoms with Crippen LogP contribution in [0.15, 0.2) is 72.5 Å². The molecule has 4 nitrogen and oxygen atoms in total. The van der Waals surface area contributed by atoms with Crippen molar-refractivity contribution < 1.29 is 4.79 Å². The Morgan fingerprint density at radius 3 is 2.29 bits per heavy atom. The summed E-state index contributed by atoms with van der Waals surface area (Å²) in [6.07, 6.45) is 3.25. The number of nitrogens with one attached hydrogen (secondary N) is 1. The summed E-state index contributed by atoms with van der Waals surface area (Å²) in [5.41, 5.74) is 15.4. The Hall–Kier alpha value is -2.75. The third-order valence-electron chi connectivity index (χ3n) is 2.99. The van der Waals surface area contributed by atoms with Crippen LogP contribution < -0.4 is 16.8 Å². The van der Waals surface area contributed by atoms with E-state index in [2.05, 4.69) is 18.5 Å². The zero-order valence-electron chi connectivity index (χ0n) is 12.2. The first kappa shape index (κ1) is 16.3. The van der Waals surface area contributed by atoms with Gasteiger partial charge in [-0.2, -0.15) is 0 Å². The van der Waals surface area contributed by atoms with Gasteiger partial charge in [0.05, 0.1) is 11.4 Å². The Morgan fingerprint density at radius 1 is 1.19 bits per heavy atom.